The third-order valence-electron chi connectivity index (χ3n) is 6.75. The topological polar surface area (TPSA) is 111 Å². The second-order valence-electron chi connectivity index (χ2n) is 10.8. The second-order valence-corrected chi connectivity index (χ2v) is 10.8. The van der Waals surface area contributed by atoms with Crippen LogP contribution >= 0.6 is 0 Å². The van der Waals surface area contributed by atoms with E-state index in [2.05, 4.69) is 5.32 Å². The molecule has 210 valence electrons. The third-order valence-corrected chi connectivity index (χ3v) is 6.75. The average Bonchev–Trinajstić information content (AvgIpc) is 3.52. The van der Waals surface area contributed by atoms with Gasteiger partial charge in [-0.1, -0.05) is 60.7 Å². The number of carbonyl (C=O) groups excluding carboxylic acids is 2. The zero-order chi connectivity index (χ0) is 27.6. The van der Waals surface area contributed by atoms with Crippen molar-refractivity contribution in [1.29, 1.82) is 0 Å². The van der Waals surface area contributed by atoms with Crippen molar-refractivity contribution in [3.05, 3.63) is 71.8 Å². The highest BCUT2D eigenvalue weighted by Crippen LogP contribution is 2.42. The third kappa shape index (κ3) is 6.77. The summed E-state index contributed by atoms with van der Waals surface area (Å²) in [5.41, 5.74) is 1.67. The number of ether oxygens (including phenoxy) is 7. The highest BCUT2D eigenvalue weighted by Gasteiger charge is 2.60. The summed E-state index contributed by atoms with van der Waals surface area (Å²) in [5.74, 6) is -2.37. The molecule has 3 saturated heterocycles. The van der Waals surface area contributed by atoms with Gasteiger partial charge < -0.3 is 38.5 Å². The molecule has 10 nitrogen and oxygen atoms in total. The van der Waals surface area contributed by atoms with E-state index in [0.29, 0.717) is 0 Å². The molecule has 0 radical (unpaired) electrons. The Hall–Kier alpha value is -3.02. The Labute approximate surface area is 227 Å². The van der Waals surface area contributed by atoms with Crippen molar-refractivity contribution < 1.29 is 42.7 Å². The van der Waals surface area contributed by atoms with Gasteiger partial charge in [0.25, 0.3) is 0 Å². The minimum atomic E-state index is -1.03. The molecule has 3 fully saturated rings. The summed E-state index contributed by atoms with van der Waals surface area (Å²) in [6.45, 7) is 7.47. The van der Waals surface area contributed by atoms with Crippen molar-refractivity contribution >= 4 is 12.1 Å². The molecule has 2 aromatic rings. The SMILES string of the molecule is CC1(C)O[C@@H]2O[C@H]([C@@H]3COC(C)(C)O3)[C@@H](OC(=O)[C@@H](Cc3ccccc3)NC(=O)OCc3ccccc3)[C@H]2O1. The Morgan fingerprint density at radius 2 is 1.56 bits per heavy atom. The smallest absolute Gasteiger partial charge is 0.408 e. The molecule has 3 aliphatic heterocycles. The molecule has 0 saturated carbocycles. The lowest BCUT2D eigenvalue weighted by molar-refractivity contribution is -0.235. The first kappa shape index (κ1) is 27.5. The first-order valence-electron chi connectivity index (χ1n) is 13.1. The van der Waals surface area contributed by atoms with Crippen molar-refractivity contribution in [2.75, 3.05) is 6.61 Å². The number of amides is 1. The van der Waals surface area contributed by atoms with Gasteiger partial charge in [-0.3, -0.25) is 0 Å². The number of alkyl carbamates (subject to hydrolysis) is 1. The maximum Gasteiger partial charge on any atom is 0.408 e. The van der Waals surface area contributed by atoms with Crippen LogP contribution in [0.15, 0.2) is 60.7 Å². The molecule has 3 aliphatic rings. The van der Waals surface area contributed by atoms with Crippen molar-refractivity contribution in [2.45, 2.75) is 89.0 Å². The molecule has 0 aromatic heterocycles. The summed E-state index contributed by atoms with van der Waals surface area (Å²) in [5, 5.41) is 2.68. The van der Waals surface area contributed by atoms with Crippen LogP contribution in [0.3, 0.4) is 0 Å². The largest absolute Gasteiger partial charge is 0.455 e. The molecule has 5 rings (SSSR count). The molecule has 1 amide bonds. The first-order chi connectivity index (χ1) is 18.6. The van der Waals surface area contributed by atoms with E-state index in [1.54, 1.807) is 27.7 Å². The number of hydrogen-bond donors (Lipinski definition) is 1. The Kier molecular flexibility index (Phi) is 7.93. The van der Waals surface area contributed by atoms with Gasteiger partial charge in [0.15, 0.2) is 30.1 Å². The summed E-state index contributed by atoms with van der Waals surface area (Å²) in [6, 6.07) is 17.6. The average molecular weight is 542 g/mol. The zero-order valence-electron chi connectivity index (χ0n) is 22.5. The summed E-state index contributed by atoms with van der Waals surface area (Å²) in [6.07, 6.45) is -4.00. The molecule has 3 heterocycles. The molecule has 1 N–H and O–H groups in total. The van der Waals surface area contributed by atoms with Gasteiger partial charge in [0, 0.05) is 6.42 Å². The first-order valence-corrected chi connectivity index (χ1v) is 13.1. The van der Waals surface area contributed by atoms with E-state index >= 15 is 0 Å². The molecule has 6 atom stereocenters. The lowest BCUT2D eigenvalue weighted by atomic mass is 10.0. The molecule has 2 aromatic carbocycles. The molecule has 0 spiro atoms. The van der Waals surface area contributed by atoms with Crippen LogP contribution in [-0.2, 0) is 51.0 Å². The minimum absolute atomic E-state index is 0.0666. The molecular formula is C29H35NO9. The van der Waals surface area contributed by atoms with Crippen molar-refractivity contribution in [1.82, 2.24) is 5.32 Å². The standard InChI is InChI=1S/C29H35NO9/c1-28(2)34-17-21(37-28)22-23(24-26(36-22)39-29(3,4)38-24)35-25(31)20(15-18-11-7-5-8-12-18)30-27(32)33-16-19-13-9-6-10-14-19/h5-14,20-24,26H,15-17H2,1-4H3,(H,30,32)/t20-,21+,22-,23-,24-,26+/m1/s1. The van der Waals surface area contributed by atoms with Crippen LogP contribution in [0.4, 0.5) is 4.79 Å². The van der Waals surface area contributed by atoms with E-state index in [0.717, 1.165) is 11.1 Å². The highest BCUT2D eigenvalue weighted by molar-refractivity contribution is 5.82. The predicted octanol–water partition coefficient (Wildman–Crippen LogP) is 3.46. The van der Waals surface area contributed by atoms with E-state index in [-0.39, 0.29) is 19.6 Å². The van der Waals surface area contributed by atoms with Gasteiger partial charge >= 0.3 is 12.1 Å². The van der Waals surface area contributed by atoms with Crippen LogP contribution in [-0.4, -0.2) is 67.0 Å². The number of esters is 1. The molecule has 0 unspecified atom stereocenters. The Morgan fingerprint density at radius 1 is 0.897 bits per heavy atom. The summed E-state index contributed by atoms with van der Waals surface area (Å²) in [7, 11) is 0. The minimum Gasteiger partial charge on any atom is -0.455 e. The van der Waals surface area contributed by atoms with E-state index < -0.39 is 60.4 Å². The normalized spacial score (nSPS) is 29.4. The van der Waals surface area contributed by atoms with Crippen LogP contribution in [0.2, 0.25) is 0 Å². The van der Waals surface area contributed by atoms with Crippen LogP contribution in [0.25, 0.3) is 0 Å². The fraction of sp³-hybridized carbons (Fsp3) is 0.517. The predicted molar refractivity (Wildman–Crippen MR) is 137 cm³/mol. The fourth-order valence-corrected chi connectivity index (χ4v) is 4.98. The monoisotopic (exact) mass is 541 g/mol. The number of fused-ring (bicyclic) bond motifs is 1. The quantitative estimate of drug-likeness (QED) is 0.502. The van der Waals surface area contributed by atoms with Gasteiger partial charge in [0.05, 0.1) is 6.61 Å². The lowest BCUT2D eigenvalue weighted by Crippen LogP contribution is -2.50. The van der Waals surface area contributed by atoms with E-state index in [1.807, 2.05) is 60.7 Å². The van der Waals surface area contributed by atoms with E-state index in [1.165, 1.54) is 0 Å². The highest BCUT2D eigenvalue weighted by atomic mass is 16.8. The Balaban J connectivity index is 1.31. The summed E-state index contributed by atoms with van der Waals surface area (Å²) < 4.78 is 41.3. The van der Waals surface area contributed by atoms with Gasteiger partial charge in [0.1, 0.15) is 24.9 Å². The fourth-order valence-electron chi connectivity index (χ4n) is 4.98. The zero-order valence-corrected chi connectivity index (χ0v) is 22.5. The number of rotatable bonds is 8. The van der Waals surface area contributed by atoms with Crippen LogP contribution < -0.4 is 5.32 Å². The molecular weight excluding hydrogens is 506 g/mol. The van der Waals surface area contributed by atoms with Crippen molar-refractivity contribution in [3.63, 3.8) is 0 Å². The Bertz CT molecular complexity index is 1140. The molecule has 10 heteroatoms. The maximum atomic E-state index is 13.6. The van der Waals surface area contributed by atoms with Crippen LogP contribution in [0.1, 0.15) is 38.8 Å². The number of nitrogens with one attached hydrogen (secondary N) is 1. The molecule has 0 bridgehead atoms. The Morgan fingerprint density at radius 3 is 2.21 bits per heavy atom. The van der Waals surface area contributed by atoms with Gasteiger partial charge in [-0.15, -0.1) is 0 Å². The van der Waals surface area contributed by atoms with Gasteiger partial charge in [0.2, 0.25) is 0 Å². The van der Waals surface area contributed by atoms with Crippen LogP contribution in [0, 0.1) is 0 Å². The maximum absolute atomic E-state index is 13.6. The van der Waals surface area contributed by atoms with E-state index in [9.17, 15) is 9.59 Å². The number of carbonyl (C=O) groups is 2. The van der Waals surface area contributed by atoms with Crippen molar-refractivity contribution in [3.8, 4) is 0 Å². The molecule has 39 heavy (non-hydrogen) atoms. The van der Waals surface area contributed by atoms with Crippen molar-refractivity contribution in [2.24, 2.45) is 0 Å². The van der Waals surface area contributed by atoms with E-state index in [4.69, 9.17) is 33.2 Å². The summed E-state index contributed by atoms with van der Waals surface area (Å²) >= 11 is 0. The lowest BCUT2D eigenvalue weighted by Gasteiger charge is -2.30. The van der Waals surface area contributed by atoms with Gasteiger partial charge in [-0.05, 0) is 38.8 Å². The molecule has 0 aliphatic carbocycles. The number of benzene rings is 2. The van der Waals surface area contributed by atoms with Gasteiger partial charge in [-0.2, -0.15) is 0 Å². The second kappa shape index (κ2) is 11.2. The van der Waals surface area contributed by atoms with Crippen LogP contribution in [0.5, 0.6) is 0 Å². The van der Waals surface area contributed by atoms with Gasteiger partial charge in [-0.25, -0.2) is 9.59 Å². The summed E-state index contributed by atoms with van der Waals surface area (Å²) in [4.78, 5) is 26.4. The number of hydrogen-bond acceptors (Lipinski definition) is 9.